The van der Waals surface area contributed by atoms with Gasteiger partial charge in [0, 0.05) is 7.05 Å². The van der Waals surface area contributed by atoms with Crippen molar-refractivity contribution in [1.82, 2.24) is 5.32 Å². The molecule has 0 aromatic heterocycles. The molecule has 88 valence electrons. The molecule has 1 amide bonds. The number of hydrogen-bond donors (Lipinski definition) is 1. The number of amides is 1. The predicted octanol–water partition coefficient (Wildman–Crippen LogP) is 2.99. The maximum absolute atomic E-state index is 10.7. The fourth-order valence-corrected chi connectivity index (χ4v) is 1.66. The molecule has 0 rings (SSSR count). The predicted molar refractivity (Wildman–Crippen MR) is 65.2 cm³/mol. The number of oxime groups is 1. The molecule has 5 heteroatoms. The van der Waals surface area contributed by atoms with Crippen molar-refractivity contribution < 1.29 is 9.63 Å². The Bertz CT molecular complexity index is 208. The lowest BCUT2D eigenvalue weighted by molar-refractivity contribution is 0.153. The lowest BCUT2D eigenvalue weighted by atomic mass is 10.2. The van der Waals surface area contributed by atoms with E-state index in [1.54, 1.807) is 11.8 Å². The summed E-state index contributed by atoms with van der Waals surface area (Å²) in [4.78, 5) is 15.2. The van der Waals surface area contributed by atoms with Crippen LogP contribution in [0.1, 0.15) is 39.5 Å². The second-order valence-corrected chi connectivity index (χ2v) is 4.44. The van der Waals surface area contributed by atoms with Crippen LogP contribution in [0, 0.1) is 0 Å². The van der Waals surface area contributed by atoms with Crippen molar-refractivity contribution >= 4 is 22.9 Å². The molecule has 0 saturated heterocycles. The number of carbonyl (C=O) groups is 1. The Hall–Kier alpha value is -0.710. The Morgan fingerprint density at radius 2 is 2.13 bits per heavy atom. The van der Waals surface area contributed by atoms with Gasteiger partial charge in [0.15, 0.2) is 0 Å². The van der Waals surface area contributed by atoms with Crippen molar-refractivity contribution in [3.05, 3.63) is 0 Å². The van der Waals surface area contributed by atoms with Gasteiger partial charge >= 0.3 is 6.09 Å². The summed E-state index contributed by atoms with van der Waals surface area (Å²) in [6.07, 6.45) is 4.45. The first-order valence-corrected chi connectivity index (χ1v) is 6.25. The molecule has 0 aliphatic carbocycles. The first-order chi connectivity index (χ1) is 7.20. The van der Waals surface area contributed by atoms with Crippen LogP contribution in [0.5, 0.6) is 0 Å². The van der Waals surface area contributed by atoms with Crippen molar-refractivity contribution in [3.63, 3.8) is 0 Å². The van der Waals surface area contributed by atoms with Gasteiger partial charge in [-0.05, 0) is 19.1 Å². The van der Waals surface area contributed by atoms with Gasteiger partial charge in [0.25, 0.3) is 0 Å². The van der Waals surface area contributed by atoms with E-state index in [2.05, 4.69) is 22.2 Å². The first-order valence-electron chi connectivity index (χ1n) is 5.26. The van der Waals surface area contributed by atoms with Crippen molar-refractivity contribution in [2.24, 2.45) is 5.16 Å². The highest BCUT2D eigenvalue weighted by atomic mass is 32.2. The Labute approximate surface area is 95.8 Å². The van der Waals surface area contributed by atoms with E-state index < -0.39 is 6.09 Å². The number of nitrogens with zero attached hydrogens (tertiary/aromatic N) is 1. The van der Waals surface area contributed by atoms with Gasteiger partial charge in [-0.3, -0.25) is 4.84 Å². The van der Waals surface area contributed by atoms with Gasteiger partial charge in [-0.1, -0.05) is 31.3 Å². The average Bonchev–Trinajstić information content (AvgIpc) is 2.25. The molecule has 0 atom stereocenters. The zero-order chi connectivity index (χ0) is 11.5. The van der Waals surface area contributed by atoms with Crippen LogP contribution in [-0.4, -0.2) is 23.9 Å². The summed E-state index contributed by atoms with van der Waals surface area (Å²) in [6.45, 7) is 4.03. The van der Waals surface area contributed by atoms with Crippen LogP contribution in [0.2, 0.25) is 0 Å². The van der Waals surface area contributed by atoms with E-state index in [0.717, 1.165) is 10.8 Å². The molecule has 4 nitrogen and oxygen atoms in total. The van der Waals surface area contributed by atoms with Gasteiger partial charge in [0.1, 0.15) is 5.04 Å². The van der Waals surface area contributed by atoms with E-state index in [9.17, 15) is 4.79 Å². The molecule has 0 aliphatic heterocycles. The molecular formula is C10H20N2O2S. The highest BCUT2D eigenvalue weighted by Gasteiger charge is 1.98. The molecular weight excluding hydrogens is 212 g/mol. The van der Waals surface area contributed by atoms with Gasteiger partial charge in [-0.2, -0.15) is 0 Å². The maximum atomic E-state index is 10.7. The second kappa shape index (κ2) is 9.83. The number of unbranched alkanes of at least 4 members (excludes halogenated alkanes) is 3. The minimum absolute atomic E-state index is 0.527. The molecule has 15 heavy (non-hydrogen) atoms. The zero-order valence-corrected chi connectivity index (χ0v) is 10.5. The molecule has 0 unspecified atom stereocenters. The quantitative estimate of drug-likeness (QED) is 0.252. The van der Waals surface area contributed by atoms with Crippen molar-refractivity contribution in [1.29, 1.82) is 0 Å². The van der Waals surface area contributed by atoms with E-state index in [1.807, 2.05) is 6.92 Å². The average molecular weight is 232 g/mol. The number of carbonyl (C=O) groups excluding carboxylic acids is 1. The van der Waals surface area contributed by atoms with Crippen molar-refractivity contribution in [2.75, 3.05) is 12.8 Å². The van der Waals surface area contributed by atoms with Gasteiger partial charge in [0.2, 0.25) is 0 Å². The van der Waals surface area contributed by atoms with Crippen molar-refractivity contribution in [2.45, 2.75) is 39.5 Å². The smallest absolute Gasteiger partial charge is 0.323 e. The summed E-state index contributed by atoms with van der Waals surface area (Å²) in [7, 11) is 1.51. The second-order valence-electron chi connectivity index (χ2n) is 3.15. The highest BCUT2D eigenvalue weighted by Crippen LogP contribution is 2.09. The van der Waals surface area contributed by atoms with Crippen LogP contribution in [0.4, 0.5) is 4.79 Å². The summed E-state index contributed by atoms with van der Waals surface area (Å²) in [5.41, 5.74) is 0. The molecule has 0 heterocycles. The first kappa shape index (κ1) is 14.3. The summed E-state index contributed by atoms with van der Waals surface area (Å²) < 4.78 is 0. The normalized spacial score (nSPS) is 11.3. The molecule has 0 saturated carbocycles. The lowest BCUT2D eigenvalue weighted by Crippen LogP contribution is -2.17. The van der Waals surface area contributed by atoms with Crippen LogP contribution in [-0.2, 0) is 4.84 Å². The Morgan fingerprint density at radius 3 is 2.73 bits per heavy atom. The number of hydrogen-bond acceptors (Lipinski definition) is 4. The minimum Gasteiger partial charge on any atom is -0.323 e. The summed E-state index contributed by atoms with van der Waals surface area (Å²) in [5.74, 6) is 1.03. The molecule has 0 aromatic rings. The Balaban J connectivity index is 3.46. The molecule has 1 N–H and O–H groups in total. The lowest BCUT2D eigenvalue weighted by Gasteiger charge is -2.00. The van der Waals surface area contributed by atoms with Crippen LogP contribution >= 0.6 is 11.8 Å². The fourth-order valence-electron chi connectivity index (χ4n) is 0.926. The number of thioether (sulfide) groups is 1. The van der Waals surface area contributed by atoms with Crippen LogP contribution in [0.3, 0.4) is 0 Å². The van der Waals surface area contributed by atoms with Crippen molar-refractivity contribution in [3.8, 4) is 0 Å². The Morgan fingerprint density at radius 1 is 1.40 bits per heavy atom. The van der Waals surface area contributed by atoms with Gasteiger partial charge in [-0.15, -0.1) is 11.8 Å². The van der Waals surface area contributed by atoms with Gasteiger partial charge < -0.3 is 5.32 Å². The topological polar surface area (TPSA) is 50.7 Å². The standard InChI is InChI=1S/C10H20N2O2S/c1-4-5-6-7-8-15-9(2)12-14-10(13)11-3/h4-8H2,1-3H3,(H,11,13). The molecule has 0 aromatic carbocycles. The molecule has 0 bridgehead atoms. The van der Waals surface area contributed by atoms with E-state index >= 15 is 0 Å². The zero-order valence-electron chi connectivity index (χ0n) is 9.71. The number of nitrogens with one attached hydrogen (secondary N) is 1. The minimum atomic E-state index is -0.527. The van der Waals surface area contributed by atoms with E-state index in [-0.39, 0.29) is 0 Å². The molecule has 0 radical (unpaired) electrons. The van der Waals surface area contributed by atoms with E-state index in [4.69, 9.17) is 0 Å². The SMILES string of the molecule is CCCCCCSC(C)=NOC(=O)NC. The van der Waals surface area contributed by atoms with Crippen LogP contribution in [0.15, 0.2) is 5.16 Å². The van der Waals surface area contributed by atoms with Gasteiger partial charge in [-0.25, -0.2) is 4.79 Å². The van der Waals surface area contributed by atoms with E-state index in [0.29, 0.717) is 0 Å². The van der Waals surface area contributed by atoms with Crippen LogP contribution < -0.4 is 5.32 Å². The van der Waals surface area contributed by atoms with Crippen LogP contribution in [0.25, 0.3) is 0 Å². The maximum Gasteiger partial charge on any atom is 0.433 e. The fraction of sp³-hybridized carbons (Fsp3) is 0.800. The third kappa shape index (κ3) is 9.59. The number of rotatable bonds is 6. The highest BCUT2D eigenvalue weighted by molar-refractivity contribution is 8.13. The third-order valence-electron chi connectivity index (χ3n) is 1.77. The molecule has 0 spiro atoms. The van der Waals surface area contributed by atoms with Gasteiger partial charge in [0.05, 0.1) is 0 Å². The third-order valence-corrected chi connectivity index (χ3v) is 2.76. The monoisotopic (exact) mass is 232 g/mol. The molecule has 0 aliphatic rings. The molecule has 0 fully saturated rings. The summed E-state index contributed by atoms with van der Waals surface area (Å²) in [6, 6.07) is 0. The largest absolute Gasteiger partial charge is 0.433 e. The summed E-state index contributed by atoms with van der Waals surface area (Å²) >= 11 is 1.62. The van der Waals surface area contributed by atoms with E-state index in [1.165, 1.54) is 32.7 Å². The summed E-state index contributed by atoms with van der Waals surface area (Å²) in [5, 5.41) is 6.79. The Kier molecular flexibility index (Phi) is 9.36.